The third kappa shape index (κ3) is 6.56. The van der Waals surface area contributed by atoms with Crippen molar-refractivity contribution in [1.82, 2.24) is 24.0 Å². The van der Waals surface area contributed by atoms with E-state index in [1.54, 1.807) is 24.3 Å². The molecule has 8 nitrogen and oxygen atoms in total. The Kier molecular flexibility index (Phi) is 8.70. The summed E-state index contributed by atoms with van der Waals surface area (Å²) in [6.45, 7) is 6.71. The molecule has 0 atom stereocenters. The lowest BCUT2D eigenvalue weighted by Gasteiger charge is -2.39. The van der Waals surface area contributed by atoms with Crippen molar-refractivity contribution < 1.29 is 14.3 Å². The van der Waals surface area contributed by atoms with Crippen LogP contribution in [0.15, 0.2) is 73.2 Å². The highest BCUT2D eigenvalue weighted by molar-refractivity contribution is 6.35. The number of likely N-dealkylation sites (tertiary alicyclic amines) is 1. The molecule has 10 heteroatoms. The minimum absolute atomic E-state index is 0.357. The van der Waals surface area contributed by atoms with E-state index in [4.69, 9.17) is 37.7 Å². The summed E-state index contributed by atoms with van der Waals surface area (Å²) in [5, 5.41) is 1.09. The van der Waals surface area contributed by atoms with Crippen molar-refractivity contribution in [2.24, 2.45) is 5.92 Å². The highest BCUT2D eigenvalue weighted by atomic mass is 35.5. The Bertz CT molecular complexity index is 1760. The quantitative estimate of drug-likeness (QED) is 0.155. The first-order valence-electron chi connectivity index (χ1n) is 14.3. The van der Waals surface area contributed by atoms with Gasteiger partial charge in [0.2, 0.25) is 0 Å². The average Bonchev–Trinajstić information content (AvgIpc) is 3.59. The molecular weight excluding hydrogens is 585 g/mol. The highest BCUT2D eigenvalue weighted by Crippen LogP contribution is 2.29. The molecule has 0 N–H and O–H groups in total. The molecule has 0 saturated carbocycles. The van der Waals surface area contributed by atoms with E-state index in [9.17, 15) is 4.79 Å². The number of fused-ring (bicyclic) bond motifs is 1. The van der Waals surface area contributed by atoms with Crippen LogP contribution in [0.4, 0.5) is 0 Å². The molecule has 1 saturated heterocycles. The van der Waals surface area contributed by atoms with Crippen molar-refractivity contribution >= 4 is 40.2 Å². The van der Waals surface area contributed by atoms with Gasteiger partial charge in [-0.1, -0.05) is 47.5 Å². The largest absolute Gasteiger partial charge is 0.487 e. The van der Waals surface area contributed by atoms with Crippen molar-refractivity contribution in [3.63, 3.8) is 0 Å². The van der Waals surface area contributed by atoms with Gasteiger partial charge in [0.1, 0.15) is 18.2 Å². The Hall–Kier alpha value is -3.85. The Balaban J connectivity index is 1.12. The first-order chi connectivity index (χ1) is 20.9. The van der Waals surface area contributed by atoms with Crippen LogP contribution in [0.25, 0.3) is 11.0 Å². The minimum atomic E-state index is -0.357. The second-order valence-corrected chi connectivity index (χ2v) is 11.8. The van der Waals surface area contributed by atoms with Crippen LogP contribution < -0.4 is 4.74 Å². The zero-order valence-corrected chi connectivity index (χ0v) is 25.7. The standard InChI is InChI=1S/C33H33Cl2N5O3/c1-3-39-21-36-15-27(39)18-40-30-13-25(33(41)42-2)7-9-29(30)37-32(40)19-38-16-24(17-38)12-22-5-4-6-23(11-22)20-43-31-10-8-26(34)14-28(31)35/h4-11,13-15,21,24H,3,12,16-20H2,1-2H3. The fourth-order valence-corrected chi connectivity index (χ4v) is 6.17. The van der Waals surface area contributed by atoms with E-state index >= 15 is 0 Å². The number of hydrogen-bond donors (Lipinski definition) is 0. The topological polar surface area (TPSA) is 74.4 Å². The number of esters is 1. The van der Waals surface area contributed by atoms with Gasteiger partial charge in [-0.05, 0) is 66.8 Å². The molecule has 0 radical (unpaired) electrons. The van der Waals surface area contributed by atoms with Crippen LogP contribution in [-0.2, 0) is 37.4 Å². The van der Waals surface area contributed by atoms with Crippen molar-refractivity contribution in [3.8, 4) is 5.75 Å². The first kappa shape index (κ1) is 29.2. The lowest BCUT2D eigenvalue weighted by molar-refractivity contribution is 0.0601. The maximum Gasteiger partial charge on any atom is 0.337 e. The Labute approximate surface area is 260 Å². The predicted octanol–water partition coefficient (Wildman–Crippen LogP) is 6.65. The van der Waals surface area contributed by atoms with E-state index in [1.165, 1.54) is 12.7 Å². The number of carbonyl (C=O) groups is 1. The average molecular weight is 619 g/mol. The normalized spacial score (nSPS) is 13.8. The Morgan fingerprint density at radius 1 is 1.02 bits per heavy atom. The van der Waals surface area contributed by atoms with E-state index in [0.29, 0.717) is 40.4 Å². The van der Waals surface area contributed by atoms with Crippen molar-refractivity contribution in [2.45, 2.75) is 39.6 Å². The number of benzene rings is 3. The Morgan fingerprint density at radius 3 is 2.65 bits per heavy atom. The second kappa shape index (κ2) is 12.8. The predicted molar refractivity (Wildman–Crippen MR) is 168 cm³/mol. The van der Waals surface area contributed by atoms with Gasteiger partial charge in [-0.2, -0.15) is 0 Å². The summed E-state index contributed by atoms with van der Waals surface area (Å²) >= 11 is 12.3. The molecule has 222 valence electrons. The SMILES string of the molecule is CCn1cncc1Cn1c(CN2CC(Cc3cccc(COc4ccc(Cl)cc4Cl)c3)C2)nc2ccc(C(=O)OC)cc21. The number of nitrogens with zero attached hydrogens (tertiary/aromatic N) is 5. The summed E-state index contributed by atoms with van der Waals surface area (Å²) < 4.78 is 15.2. The maximum atomic E-state index is 12.3. The lowest BCUT2D eigenvalue weighted by Crippen LogP contribution is -2.47. The van der Waals surface area contributed by atoms with Crippen molar-refractivity contribution in [1.29, 1.82) is 0 Å². The first-order valence-corrected chi connectivity index (χ1v) is 15.1. The van der Waals surface area contributed by atoms with Crippen LogP contribution in [0.2, 0.25) is 10.0 Å². The summed E-state index contributed by atoms with van der Waals surface area (Å²) in [6, 6.07) is 19.3. The van der Waals surface area contributed by atoms with Crippen LogP contribution in [0.5, 0.6) is 5.75 Å². The molecule has 43 heavy (non-hydrogen) atoms. The van der Waals surface area contributed by atoms with Gasteiger partial charge < -0.3 is 18.6 Å². The minimum Gasteiger partial charge on any atom is -0.487 e. The van der Waals surface area contributed by atoms with Crippen LogP contribution >= 0.6 is 23.2 Å². The zero-order chi connectivity index (χ0) is 29.9. The van der Waals surface area contributed by atoms with Crippen LogP contribution in [-0.4, -0.2) is 50.2 Å². The molecular formula is C33H33Cl2N5O3. The van der Waals surface area contributed by atoms with Gasteiger partial charge in [0.25, 0.3) is 0 Å². The molecule has 6 rings (SSSR count). The molecule has 2 aromatic heterocycles. The number of ether oxygens (including phenoxy) is 2. The molecule has 0 unspecified atom stereocenters. The van der Waals surface area contributed by atoms with Crippen LogP contribution in [0, 0.1) is 5.92 Å². The molecule has 5 aromatic rings. The number of hydrogen-bond acceptors (Lipinski definition) is 6. The van der Waals surface area contributed by atoms with Gasteiger partial charge in [0, 0.05) is 30.9 Å². The summed E-state index contributed by atoms with van der Waals surface area (Å²) in [6.07, 6.45) is 4.74. The molecule has 0 amide bonds. The summed E-state index contributed by atoms with van der Waals surface area (Å²) in [5.41, 5.74) is 5.78. The monoisotopic (exact) mass is 617 g/mol. The third-order valence-corrected chi connectivity index (χ3v) is 8.44. The molecule has 0 aliphatic carbocycles. The number of halogens is 2. The van der Waals surface area contributed by atoms with Gasteiger partial charge in [0.05, 0.1) is 53.8 Å². The molecule has 1 aliphatic heterocycles. The van der Waals surface area contributed by atoms with E-state index in [-0.39, 0.29) is 5.97 Å². The molecule has 3 heterocycles. The molecule has 3 aromatic carbocycles. The third-order valence-electron chi connectivity index (χ3n) is 7.91. The van der Waals surface area contributed by atoms with Gasteiger partial charge in [-0.15, -0.1) is 0 Å². The molecule has 0 spiro atoms. The van der Waals surface area contributed by atoms with Crippen LogP contribution in [0.3, 0.4) is 0 Å². The number of methoxy groups -OCH3 is 1. The lowest BCUT2D eigenvalue weighted by atomic mass is 9.91. The van der Waals surface area contributed by atoms with E-state index in [0.717, 1.165) is 60.7 Å². The van der Waals surface area contributed by atoms with Gasteiger partial charge >= 0.3 is 5.97 Å². The number of imidazole rings is 2. The number of aromatic nitrogens is 4. The number of aryl methyl sites for hydroxylation is 1. The summed E-state index contributed by atoms with van der Waals surface area (Å²) in [4.78, 5) is 24.0. The van der Waals surface area contributed by atoms with Gasteiger partial charge in [0.15, 0.2) is 0 Å². The zero-order valence-electron chi connectivity index (χ0n) is 24.2. The smallest absolute Gasteiger partial charge is 0.337 e. The molecule has 1 fully saturated rings. The molecule has 0 bridgehead atoms. The van der Waals surface area contributed by atoms with E-state index < -0.39 is 0 Å². The Morgan fingerprint density at radius 2 is 1.86 bits per heavy atom. The van der Waals surface area contributed by atoms with E-state index in [1.807, 2.05) is 24.7 Å². The maximum absolute atomic E-state index is 12.3. The number of rotatable bonds is 11. The number of carbonyl (C=O) groups excluding carboxylic acids is 1. The fraction of sp³-hybridized carbons (Fsp3) is 0.303. The van der Waals surface area contributed by atoms with Gasteiger partial charge in [-0.25, -0.2) is 14.8 Å². The van der Waals surface area contributed by atoms with E-state index in [2.05, 4.69) is 50.2 Å². The van der Waals surface area contributed by atoms with Crippen LogP contribution in [0.1, 0.15) is 39.9 Å². The highest BCUT2D eigenvalue weighted by Gasteiger charge is 2.28. The second-order valence-electron chi connectivity index (χ2n) is 10.9. The van der Waals surface area contributed by atoms with Gasteiger partial charge in [-0.3, -0.25) is 4.90 Å². The summed E-state index contributed by atoms with van der Waals surface area (Å²) in [7, 11) is 1.40. The summed E-state index contributed by atoms with van der Waals surface area (Å²) in [5.74, 6) is 1.80. The van der Waals surface area contributed by atoms with Crippen molar-refractivity contribution in [2.75, 3.05) is 20.2 Å². The fourth-order valence-electron chi connectivity index (χ4n) is 5.71. The van der Waals surface area contributed by atoms with Crippen molar-refractivity contribution in [3.05, 3.63) is 111 Å². The molecule has 1 aliphatic rings.